The van der Waals surface area contributed by atoms with Gasteiger partial charge in [-0.15, -0.1) is 16.2 Å². The van der Waals surface area contributed by atoms with Crippen molar-refractivity contribution < 1.29 is 16.8 Å². The van der Waals surface area contributed by atoms with Crippen molar-refractivity contribution in [3.8, 4) is 0 Å². The lowest BCUT2D eigenvalue weighted by Crippen LogP contribution is -2.24. The number of benzene rings is 2. The molecule has 138 valence electrons. The van der Waals surface area contributed by atoms with Crippen LogP contribution in [0.15, 0.2) is 55.5 Å². The van der Waals surface area contributed by atoms with Crippen molar-refractivity contribution in [3.05, 3.63) is 47.0 Å². The fourth-order valence-electron chi connectivity index (χ4n) is 2.29. The van der Waals surface area contributed by atoms with Crippen LogP contribution in [-0.2, 0) is 20.0 Å². The molecule has 3 rings (SSSR count). The molecule has 7 nitrogen and oxygen atoms in total. The molecule has 0 fully saturated rings. The number of rotatable bonds is 4. The number of primary sulfonamides is 1. The zero-order valence-corrected chi connectivity index (χ0v) is 16.6. The largest absolute Gasteiger partial charge is 0.341 e. The summed E-state index contributed by atoms with van der Waals surface area (Å²) in [5.41, 5.74) is 1.29. The van der Waals surface area contributed by atoms with Gasteiger partial charge in [-0.05, 0) is 31.2 Å². The fraction of sp³-hybridized carbons (Fsp3) is 0.133. The molecule has 0 amide bonds. The lowest BCUT2D eigenvalue weighted by Gasteiger charge is -2.19. The van der Waals surface area contributed by atoms with Gasteiger partial charge in [-0.3, -0.25) is 0 Å². The Hall–Kier alpha value is -1.59. The van der Waals surface area contributed by atoms with E-state index in [0.29, 0.717) is 0 Å². The Labute approximate surface area is 160 Å². The van der Waals surface area contributed by atoms with E-state index in [9.17, 15) is 16.8 Å². The molecule has 0 saturated carbocycles. The van der Waals surface area contributed by atoms with Crippen LogP contribution in [0.4, 0.5) is 5.69 Å². The number of fused-ring (bicyclic) bond motifs is 1. The minimum atomic E-state index is -4.16. The molecule has 11 heteroatoms. The standard InChI is InChI=1S/C15H14ClN3O4S3/c1-9-2-4-10(5-3-9)24-8-15-18-12-6-11(16)13(25(17,20)21)7-14(12)26(22,23)19-15/h2-7H,8H2,1H3,(H,18,19)(H2,17,20,21). The third-order valence-electron chi connectivity index (χ3n) is 3.52. The van der Waals surface area contributed by atoms with Crippen molar-refractivity contribution in [1.82, 2.24) is 0 Å². The van der Waals surface area contributed by atoms with Crippen LogP contribution in [0.3, 0.4) is 0 Å². The van der Waals surface area contributed by atoms with Gasteiger partial charge in [0.25, 0.3) is 10.0 Å². The van der Waals surface area contributed by atoms with Crippen molar-refractivity contribution >= 4 is 54.9 Å². The quantitative estimate of drug-likeness (QED) is 0.718. The zero-order valence-electron chi connectivity index (χ0n) is 13.4. The number of sulfonamides is 2. The second-order valence-corrected chi connectivity index (χ2v) is 10.1. The predicted octanol–water partition coefficient (Wildman–Crippen LogP) is 2.60. The highest BCUT2D eigenvalue weighted by Gasteiger charge is 2.28. The molecule has 0 unspecified atom stereocenters. The van der Waals surface area contributed by atoms with Gasteiger partial charge in [0.1, 0.15) is 15.6 Å². The summed E-state index contributed by atoms with van der Waals surface area (Å²) in [5, 5.41) is 7.78. The first-order valence-corrected chi connectivity index (χ1v) is 11.6. The fourth-order valence-corrected chi connectivity index (χ4v) is 5.46. The van der Waals surface area contributed by atoms with E-state index >= 15 is 0 Å². The van der Waals surface area contributed by atoms with Gasteiger partial charge in [0.2, 0.25) is 10.0 Å². The van der Waals surface area contributed by atoms with Crippen LogP contribution in [0.2, 0.25) is 5.02 Å². The monoisotopic (exact) mass is 431 g/mol. The van der Waals surface area contributed by atoms with Crippen LogP contribution in [0, 0.1) is 6.92 Å². The van der Waals surface area contributed by atoms with Crippen LogP contribution in [0.5, 0.6) is 0 Å². The van der Waals surface area contributed by atoms with Crippen LogP contribution in [0.1, 0.15) is 5.56 Å². The first kappa shape index (κ1) is 19.2. The number of thioether (sulfide) groups is 1. The molecule has 2 aromatic rings. The highest BCUT2D eigenvalue weighted by molar-refractivity contribution is 8.00. The number of hydrogen-bond acceptors (Lipinski definition) is 6. The summed E-state index contributed by atoms with van der Waals surface area (Å²) in [6.07, 6.45) is 0. The summed E-state index contributed by atoms with van der Waals surface area (Å²) in [5.74, 6) is 0.513. The Balaban J connectivity index is 1.91. The third kappa shape index (κ3) is 4.04. The number of aryl methyl sites for hydroxylation is 1. The van der Waals surface area contributed by atoms with E-state index in [1.54, 1.807) is 0 Å². The number of nitrogens with two attached hydrogens (primary N) is 1. The molecule has 3 N–H and O–H groups in total. The lowest BCUT2D eigenvalue weighted by atomic mass is 10.2. The van der Waals surface area contributed by atoms with Gasteiger partial charge >= 0.3 is 0 Å². The van der Waals surface area contributed by atoms with E-state index < -0.39 is 24.9 Å². The average molecular weight is 432 g/mol. The van der Waals surface area contributed by atoms with Crippen molar-refractivity contribution in [2.45, 2.75) is 21.6 Å². The first-order valence-electron chi connectivity index (χ1n) is 7.23. The first-order chi connectivity index (χ1) is 12.1. The van der Waals surface area contributed by atoms with Crippen molar-refractivity contribution in [3.63, 3.8) is 0 Å². The maximum Gasteiger partial charge on any atom is 0.286 e. The molecule has 26 heavy (non-hydrogen) atoms. The Morgan fingerprint density at radius 1 is 1.23 bits per heavy atom. The van der Waals surface area contributed by atoms with E-state index in [2.05, 4.69) is 9.71 Å². The Bertz CT molecular complexity index is 1110. The SMILES string of the molecule is Cc1ccc(SCC2=NS(=O)(=O)c3cc(S(N)(=O)=O)c(Cl)cc3N2)cc1. The molecule has 0 spiro atoms. The Morgan fingerprint density at radius 2 is 1.88 bits per heavy atom. The van der Waals surface area contributed by atoms with E-state index in [-0.39, 0.29) is 27.2 Å². The maximum atomic E-state index is 12.4. The molecule has 0 aliphatic carbocycles. The summed E-state index contributed by atoms with van der Waals surface area (Å²) >= 11 is 7.35. The van der Waals surface area contributed by atoms with Crippen LogP contribution in [-0.4, -0.2) is 28.4 Å². The molecular weight excluding hydrogens is 418 g/mol. The van der Waals surface area contributed by atoms with Gasteiger partial charge in [0.05, 0.1) is 16.5 Å². The number of hydrogen-bond donors (Lipinski definition) is 2. The Kier molecular flexibility index (Phi) is 5.06. The molecule has 0 saturated heterocycles. The third-order valence-corrected chi connectivity index (χ3v) is 7.28. The second-order valence-electron chi connectivity index (χ2n) is 5.56. The molecule has 0 bridgehead atoms. The number of nitrogens with one attached hydrogen (secondary N) is 1. The summed E-state index contributed by atoms with van der Waals surface area (Å²) in [6, 6.07) is 9.92. The summed E-state index contributed by atoms with van der Waals surface area (Å²) < 4.78 is 51.6. The molecule has 0 aromatic heterocycles. The van der Waals surface area contributed by atoms with Gasteiger partial charge in [0.15, 0.2) is 0 Å². The summed E-state index contributed by atoms with van der Waals surface area (Å²) in [4.78, 5) is 0.219. The van der Waals surface area contributed by atoms with E-state index in [0.717, 1.165) is 16.5 Å². The Morgan fingerprint density at radius 3 is 2.50 bits per heavy atom. The van der Waals surface area contributed by atoms with E-state index in [1.165, 1.54) is 17.8 Å². The average Bonchev–Trinajstić information content (AvgIpc) is 2.52. The van der Waals surface area contributed by atoms with Gasteiger partial charge in [-0.2, -0.15) is 8.42 Å². The molecule has 2 aromatic carbocycles. The van der Waals surface area contributed by atoms with Crippen molar-refractivity contribution in [2.24, 2.45) is 9.54 Å². The van der Waals surface area contributed by atoms with Crippen molar-refractivity contribution in [1.29, 1.82) is 0 Å². The predicted molar refractivity (Wildman–Crippen MR) is 103 cm³/mol. The number of anilines is 1. The minimum Gasteiger partial charge on any atom is -0.341 e. The zero-order chi connectivity index (χ0) is 19.1. The molecule has 0 radical (unpaired) electrons. The normalized spacial score (nSPS) is 15.7. The molecule has 1 aliphatic heterocycles. The number of halogens is 1. The topological polar surface area (TPSA) is 119 Å². The van der Waals surface area contributed by atoms with Gasteiger partial charge in [0, 0.05) is 4.90 Å². The van der Waals surface area contributed by atoms with Crippen LogP contribution < -0.4 is 10.5 Å². The van der Waals surface area contributed by atoms with E-state index in [4.69, 9.17) is 16.7 Å². The minimum absolute atomic E-state index is 0.164. The highest BCUT2D eigenvalue weighted by atomic mass is 35.5. The molecular formula is C15H14ClN3O4S3. The summed E-state index contributed by atoms with van der Waals surface area (Å²) in [7, 11) is -8.23. The van der Waals surface area contributed by atoms with E-state index in [1.807, 2.05) is 31.2 Å². The van der Waals surface area contributed by atoms with Gasteiger partial charge < -0.3 is 5.32 Å². The number of nitrogens with zero attached hydrogens (tertiary/aromatic N) is 1. The lowest BCUT2D eigenvalue weighted by molar-refractivity contribution is 0.596. The van der Waals surface area contributed by atoms with Crippen molar-refractivity contribution in [2.75, 3.05) is 11.1 Å². The molecule has 1 heterocycles. The van der Waals surface area contributed by atoms with Crippen LogP contribution in [0.25, 0.3) is 0 Å². The van der Waals surface area contributed by atoms with Gasteiger partial charge in [-0.1, -0.05) is 29.3 Å². The summed E-state index contributed by atoms with van der Waals surface area (Å²) in [6.45, 7) is 1.98. The number of amidine groups is 1. The second kappa shape index (κ2) is 6.86. The molecule has 0 atom stereocenters. The van der Waals surface area contributed by atoms with Crippen LogP contribution >= 0.6 is 23.4 Å². The smallest absolute Gasteiger partial charge is 0.286 e. The highest BCUT2D eigenvalue weighted by Crippen LogP contribution is 2.34. The maximum absolute atomic E-state index is 12.4. The molecule has 1 aliphatic rings. The van der Waals surface area contributed by atoms with Gasteiger partial charge in [-0.25, -0.2) is 13.6 Å².